The Kier molecular flexibility index (Phi) is 3.87. The van der Waals surface area contributed by atoms with Crippen molar-refractivity contribution in [2.45, 2.75) is 29.5 Å². The van der Waals surface area contributed by atoms with E-state index in [0.29, 0.717) is 23.6 Å². The van der Waals surface area contributed by atoms with Crippen LogP contribution in [0.25, 0.3) is 0 Å². The molecule has 0 bridgehead atoms. The van der Waals surface area contributed by atoms with Crippen LogP contribution in [0.15, 0.2) is 27.2 Å². The van der Waals surface area contributed by atoms with E-state index in [4.69, 9.17) is 11.6 Å². The van der Waals surface area contributed by atoms with E-state index in [1.807, 2.05) is 0 Å². The minimum atomic E-state index is -3.57. The molecule has 0 aliphatic heterocycles. The van der Waals surface area contributed by atoms with Crippen LogP contribution in [0.2, 0.25) is 4.34 Å². The zero-order valence-corrected chi connectivity index (χ0v) is 13.2. The van der Waals surface area contributed by atoms with Gasteiger partial charge in [-0.25, -0.2) is 18.2 Å². The SMILES string of the molecule is O=c1cc2c(n[nH]1)CCC(NS(=O)(=O)c1ccc(Cl)s1)C2. The van der Waals surface area contributed by atoms with Gasteiger partial charge in [0.15, 0.2) is 0 Å². The predicted molar refractivity (Wildman–Crippen MR) is 80.3 cm³/mol. The fraction of sp³-hybridized carbons (Fsp3) is 0.333. The standard InChI is InChI=1S/C12H12ClN3O3S2/c13-10-3-4-12(20-10)21(18,19)16-8-1-2-9-7(5-8)6-11(17)15-14-9/h3-4,6,8,16H,1-2,5H2,(H,15,17). The molecule has 1 aliphatic carbocycles. The van der Waals surface area contributed by atoms with E-state index in [0.717, 1.165) is 22.6 Å². The summed E-state index contributed by atoms with van der Waals surface area (Å²) < 4.78 is 27.8. The summed E-state index contributed by atoms with van der Waals surface area (Å²) in [6.45, 7) is 0. The molecular weight excluding hydrogens is 334 g/mol. The molecule has 2 aromatic heterocycles. The lowest BCUT2D eigenvalue weighted by Crippen LogP contribution is -2.39. The molecule has 1 unspecified atom stereocenters. The van der Waals surface area contributed by atoms with Crippen LogP contribution in [-0.2, 0) is 22.9 Å². The first kappa shape index (κ1) is 14.7. The van der Waals surface area contributed by atoms with Gasteiger partial charge in [-0.3, -0.25) is 4.79 Å². The molecule has 0 saturated carbocycles. The maximum atomic E-state index is 12.2. The number of aromatic amines is 1. The molecular formula is C12H12ClN3O3S2. The fourth-order valence-corrected chi connectivity index (χ4v) is 5.13. The molecule has 0 aromatic carbocycles. The number of rotatable bonds is 3. The van der Waals surface area contributed by atoms with E-state index in [9.17, 15) is 13.2 Å². The van der Waals surface area contributed by atoms with Crippen LogP contribution < -0.4 is 10.3 Å². The quantitative estimate of drug-likeness (QED) is 0.877. The first-order valence-corrected chi connectivity index (χ1v) is 8.97. The first-order chi connectivity index (χ1) is 9.94. The van der Waals surface area contributed by atoms with Crippen LogP contribution in [0.4, 0.5) is 0 Å². The number of hydrogen-bond acceptors (Lipinski definition) is 5. The molecule has 1 atom stereocenters. The van der Waals surface area contributed by atoms with Crippen molar-refractivity contribution in [3.05, 3.63) is 44.1 Å². The van der Waals surface area contributed by atoms with Gasteiger partial charge in [0.1, 0.15) is 4.21 Å². The number of fused-ring (bicyclic) bond motifs is 1. The van der Waals surface area contributed by atoms with E-state index in [-0.39, 0.29) is 15.8 Å². The van der Waals surface area contributed by atoms with Gasteiger partial charge in [-0.2, -0.15) is 5.10 Å². The van der Waals surface area contributed by atoms with Gasteiger partial charge in [-0.15, -0.1) is 11.3 Å². The fourth-order valence-electron chi connectivity index (χ4n) is 2.36. The number of nitrogens with zero attached hydrogens (tertiary/aromatic N) is 1. The number of hydrogen-bond donors (Lipinski definition) is 2. The van der Waals surface area contributed by atoms with E-state index in [1.54, 1.807) is 6.07 Å². The van der Waals surface area contributed by atoms with Crippen molar-refractivity contribution < 1.29 is 8.42 Å². The molecule has 1 aliphatic rings. The van der Waals surface area contributed by atoms with E-state index < -0.39 is 10.0 Å². The smallest absolute Gasteiger partial charge is 0.264 e. The van der Waals surface area contributed by atoms with Crippen molar-refractivity contribution in [3.63, 3.8) is 0 Å². The van der Waals surface area contributed by atoms with Crippen molar-refractivity contribution in [1.29, 1.82) is 0 Å². The summed E-state index contributed by atoms with van der Waals surface area (Å²) in [5.41, 5.74) is 1.34. The number of aromatic nitrogens is 2. The topological polar surface area (TPSA) is 91.9 Å². The third-order valence-electron chi connectivity index (χ3n) is 3.31. The molecule has 3 rings (SSSR count). The summed E-state index contributed by atoms with van der Waals surface area (Å²) in [7, 11) is -3.57. The van der Waals surface area contributed by atoms with Gasteiger partial charge in [0.25, 0.3) is 5.56 Å². The number of aryl methyl sites for hydroxylation is 1. The molecule has 0 fully saturated rings. The van der Waals surface area contributed by atoms with Gasteiger partial charge in [0, 0.05) is 12.1 Å². The minimum Gasteiger partial charge on any atom is -0.268 e. The first-order valence-electron chi connectivity index (χ1n) is 6.29. The predicted octanol–water partition coefficient (Wildman–Crippen LogP) is 1.32. The third kappa shape index (κ3) is 3.18. The molecule has 2 heterocycles. The molecule has 0 saturated heterocycles. The van der Waals surface area contributed by atoms with Crippen LogP contribution in [-0.4, -0.2) is 24.7 Å². The summed E-state index contributed by atoms with van der Waals surface area (Å²) in [4.78, 5) is 11.3. The maximum Gasteiger partial charge on any atom is 0.264 e. The Morgan fingerprint density at radius 1 is 1.43 bits per heavy atom. The van der Waals surface area contributed by atoms with E-state index in [1.165, 1.54) is 12.1 Å². The van der Waals surface area contributed by atoms with Crippen molar-refractivity contribution >= 4 is 33.0 Å². The Bertz CT molecular complexity index is 828. The summed E-state index contributed by atoms with van der Waals surface area (Å²) in [5.74, 6) is 0. The van der Waals surface area contributed by atoms with Crippen molar-refractivity contribution in [2.75, 3.05) is 0 Å². The molecule has 6 nitrogen and oxygen atoms in total. The van der Waals surface area contributed by atoms with Gasteiger partial charge < -0.3 is 0 Å². The highest BCUT2D eigenvalue weighted by atomic mass is 35.5. The molecule has 0 amide bonds. The normalized spacial score (nSPS) is 18.4. The van der Waals surface area contributed by atoms with Crippen LogP contribution in [0.3, 0.4) is 0 Å². The molecule has 0 radical (unpaired) electrons. The van der Waals surface area contributed by atoms with E-state index >= 15 is 0 Å². The van der Waals surface area contributed by atoms with Crippen molar-refractivity contribution in [2.24, 2.45) is 0 Å². The Morgan fingerprint density at radius 2 is 2.24 bits per heavy atom. The van der Waals surface area contributed by atoms with Crippen molar-refractivity contribution in [3.8, 4) is 0 Å². The van der Waals surface area contributed by atoms with Crippen LogP contribution in [0, 0.1) is 0 Å². The number of sulfonamides is 1. The largest absolute Gasteiger partial charge is 0.268 e. The highest BCUT2D eigenvalue weighted by Gasteiger charge is 2.26. The van der Waals surface area contributed by atoms with Gasteiger partial charge >= 0.3 is 0 Å². The average Bonchev–Trinajstić information content (AvgIpc) is 2.85. The Labute approximate surface area is 130 Å². The average molecular weight is 346 g/mol. The second-order valence-corrected chi connectivity index (χ2v) is 8.48. The maximum absolute atomic E-state index is 12.2. The molecule has 9 heteroatoms. The monoisotopic (exact) mass is 345 g/mol. The number of H-pyrrole nitrogens is 1. The molecule has 112 valence electrons. The second kappa shape index (κ2) is 5.53. The Hall–Kier alpha value is -1.22. The highest BCUT2D eigenvalue weighted by Crippen LogP contribution is 2.26. The number of nitrogens with one attached hydrogen (secondary N) is 2. The lowest BCUT2D eigenvalue weighted by atomic mass is 9.93. The third-order valence-corrected chi connectivity index (χ3v) is 6.55. The zero-order chi connectivity index (χ0) is 15.0. The molecule has 0 spiro atoms. The molecule has 21 heavy (non-hydrogen) atoms. The summed E-state index contributed by atoms with van der Waals surface area (Å²) in [6, 6.07) is 4.27. The lowest BCUT2D eigenvalue weighted by Gasteiger charge is -2.23. The Balaban J connectivity index is 1.79. The van der Waals surface area contributed by atoms with Gasteiger partial charge in [0.2, 0.25) is 10.0 Å². The summed E-state index contributed by atoms with van der Waals surface area (Å²) in [6.07, 6.45) is 1.74. The van der Waals surface area contributed by atoms with Crippen LogP contribution in [0.1, 0.15) is 17.7 Å². The number of halogens is 1. The summed E-state index contributed by atoms with van der Waals surface area (Å²) >= 11 is 6.79. The van der Waals surface area contributed by atoms with Gasteiger partial charge in [0.05, 0.1) is 10.0 Å². The Morgan fingerprint density at radius 3 is 2.95 bits per heavy atom. The van der Waals surface area contributed by atoms with Crippen LogP contribution >= 0.6 is 22.9 Å². The highest BCUT2D eigenvalue weighted by molar-refractivity contribution is 7.91. The van der Waals surface area contributed by atoms with Crippen molar-refractivity contribution in [1.82, 2.24) is 14.9 Å². The zero-order valence-electron chi connectivity index (χ0n) is 10.8. The summed E-state index contributed by atoms with van der Waals surface area (Å²) in [5, 5.41) is 6.37. The van der Waals surface area contributed by atoms with Crippen LogP contribution in [0.5, 0.6) is 0 Å². The van der Waals surface area contributed by atoms with E-state index in [2.05, 4.69) is 14.9 Å². The number of thiophene rings is 1. The lowest BCUT2D eigenvalue weighted by molar-refractivity contribution is 0.500. The second-order valence-electron chi connectivity index (χ2n) is 4.82. The van der Waals surface area contributed by atoms with Gasteiger partial charge in [-0.1, -0.05) is 11.6 Å². The molecule has 2 N–H and O–H groups in total. The van der Waals surface area contributed by atoms with Gasteiger partial charge in [-0.05, 0) is 37.0 Å². The molecule has 2 aromatic rings. The minimum absolute atomic E-state index is 0.197.